The molecule has 1 saturated heterocycles. The molecule has 1 heterocycles. The Morgan fingerprint density at radius 2 is 1.61 bits per heavy atom. The maximum absolute atomic E-state index is 11.1. The van der Waals surface area contributed by atoms with Crippen LogP contribution in [0.2, 0.25) is 12.1 Å². The minimum absolute atomic E-state index is 0.122. The van der Waals surface area contributed by atoms with E-state index >= 15 is 0 Å². The molecule has 0 bridgehead atoms. The molecule has 31 heavy (non-hydrogen) atoms. The number of rotatable bonds is 13. The van der Waals surface area contributed by atoms with Gasteiger partial charge in [-0.05, 0) is 32.2 Å². The molecule has 1 aliphatic rings. The third-order valence-corrected chi connectivity index (χ3v) is 13.1. The van der Waals surface area contributed by atoms with Gasteiger partial charge in [0.2, 0.25) is 0 Å². The van der Waals surface area contributed by atoms with Crippen molar-refractivity contribution in [2.24, 2.45) is 0 Å². The van der Waals surface area contributed by atoms with Crippen LogP contribution < -0.4 is 0 Å². The molecule has 1 aliphatic heterocycles. The van der Waals surface area contributed by atoms with E-state index in [0.717, 1.165) is 25.3 Å². The summed E-state index contributed by atoms with van der Waals surface area (Å²) in [6, 6.07) is 1.67. The summed E-state index contributed by atoms with van der Waals surface area (Å²) in [5.74, 6) is -0.375. The zero-order chi connectivity index (χ0) is 24.0. The SMILES string of the molecule is C=C(C)C(=O)OCCC[Si](OC)(OC)OC.CCCC1(OC)CCCC[Si]1(OC)OC. The molecular formula is C21H44O8Si2. The van der Waals surface area contributed by atoms with Crippen LogP contribution in [0.1, 0.15) is 52.4 Å². The topological polar surface area (TPSA) is 81.7 Å². The van der Waals surface area contributed by atoms with Gasteiger partial charge in [0.05, 0.1) is 6.61 Å². The van der Waals surface area contributed by atoms with Crippen molar-refractivity contribution in [3.05, 3.63) is 12.2 Å². The predicted molar refractivity (Wildman–Crippen MR) is 125 cm³/mol. The van der Waals surface area contributed by atoms with Gasteiger partial charge in [0, 0.05) is 54.3 Å². The van der Waals surface area contributed by atoms with E-state index in [1.807, 2.05) is 0 Å². The number of ether oxygens (including phenoxy) is 2. The summed E-state index contributed by atoms with van der Waals surface area (Å²) in [5, 5.41) is -0.122. The van der Waals surface area contributed by atoms with Crippen LogP contribution in [0.4, 0.5) is 0 Å². The fourth-order valence-electron chi connectivity index (χ4n) is 4.06. The average molecular weight is 481 g/mol. The average Bonchev–Trinajstić information content (AvgIpc) is 2.80. The molecule has 184 valence electrons. The lowest BCUT2D eigenvalue weighted by Gasteiger charge is -2.47. The molecule has 0 N–H and O–H groups in total. The lowest BCUT2D eigenvalue weighted by Crippen LogP contribution is -2.64. The summed E-state index contributed by atoms with van der Waals surface area (Å²) >= 11 is 0. The van der Waals surface area contributed by atoms with Crippen LogP contribution in [-0.2, 0) is 36.4 Å². The second-order valence-electron chi connectivity index (χ2n) is 7.63. The highest BCUT2D eigenvalue weighted by Crippen LogP contribution is 2.42. The van der Waals surface area contributed by atoms with Crippen molar-refractivity contribution in [3.63, 3.8) is 0 Å². The van der Waals surface area contributed by atoms with E-state index in [1.165, 1.54) is 12.8 Å². The highest BCUT2D eigenvalue weighted by molar-refractivity contribution is 6.70. The van der Waals surface area contributed by atoms with Crippen molar-refractivity contribution >= 4 is 23.3 Å². The van der Waals surface area contributed by atoms with E-state index in [-0.39, 0.29) is 11.2 Å². The number of esters is 1. The highest BCUT2D eigenvalue weighted by Gasteiger charge is 2.58. The van der Waals surface area contributed by atoms with Crippen molar-refractivity contribution in [1.29, 1.82) is 0 Å². The zero-order valence-corrected chi connectivity index (χ0v) is 22.8. The summed E-state index contributed by atoms with van der Waals surface area (Å²) < 4.78 is 38.0. The van der Waals surface area contributed by atoms with Crippen LogP contribution in [0, 0.1) is 0 Å². The number of carbonyl (C=O) groups excluding carboxylic acids is 1. The maximum Gasteiger partial charge on any atom is 0.500 e. The van der Waals surface area contributed by atoms with E-state index in [2.05, 4.69) is 13.5 Å². The first-order valence-electron chi connectivity index (χ1n) is 10.8. The van der Waals surface area contributed by atoms with E-state index in [1.54, 1.807) is 49.6 Å². The first kappa shape index (κ1) is 30.4. The van der Waals surface area contributed by atoms with Crippen LogP contribution in [-0.4, -0.2) is 77.8 Å². The molecule has 8 nitrogen and oxygen atoms in total. The minimum Gasteiger partial charge on any atom is -0.462 e. The molecule has 0 radical (unpaired) electrons. The monoisotopic (exact) mass is 480 g/mol. The van der Waals surface area contributed by atoms with E-state index in [9.17, 15) is 4.79 Å². The fourth-order valence-corrected chi connectivity index (χ4v) is 9.74. The van der Waals surface area contributed by atoms with Crippen molar-refractivity contribution in [2.45, 2.75) is 69.7 Å². The van der Waals surface area contributed by atoms with E-state index in [4.69, 9.17) is 31.6 Å². The van der Waals surface area contributed by atoms with Gasteiger partial charge in [-0.1, -0.05) is 32.8 Å². The van der Waals surface area contributed by atoms with Gasteiger partial charge in [0.1, 0.15) is 5.22 Å². The number of carbonyl (C=O) groups is 1. The minimum atomic E-state index is -2.53. The number of methoxy groups -OCH3 is 1. The maximum atomic E-state index is 11.1. The van der Waals surface area contributed by atoms with Gasteiger partial charge < -0.3 is 31.6 Å². The molecule has 0 aromatic rings. The first-order valence-corrected chi connectivity index (χ1v) is 14.8. The van der Waals surface area contributed by atoms with Crippen LogP contribution >= 0.6 is 0 Å². The lowest BCUT2D eigenvalue weighted by atomic mass is 10.1. The van der Waals surface area contributed by atoms with Crippen LogP contribution in [0.25, 0.3) is 0 Å². The third-order valence-electron chi connectivity index (χ3n) is 5.88. The zero-order valence-electron chi connectivity index (χ0n) is 20.8. The van der Waals surface area contributed by atoms with Crippen molar-refractivity contribution in [1.82, 2.24) is 0 Å². The van der Waals surface area contributed by atoms with Crippen molar-refractivity contribution < 1.29 is 36.4 Å². The smallest absolute Gasteiger partial charge is 0.462 e. The van der Waals surface area contributed by atoms with Gasteiger partial charge in [0.15, 0.2) is 0 Å². The second-order valence-corrected chi connectivity index (χ2v) is 14.5. The normalized spacial score (nSPS) is 20.5. The van der Waals surface area contributed by atoms with Gasteiger partial charge in [-0.15, -0.1) is 0 Å². The Morgan fingerprint density at radius 1 is 1.03 bits per heavy atom. The molecule has 0 aromatic heterocycles. The van der Waals surface area contributed by atoms with Gasteiger partial charge in [-0.2, -0.15) is 0 Å². The molecule has 1 unspecified atom stereocenters. The van der Waals surface area contributed by atoms with Gasteiger partial charge >= 0.3 is 23.3 Å². The molecule has 1 rings (SSSR count). The van der Waals surface area contributed by atoms with Crippen molar-refractivity contribution in [3.8, 4) is 0 Å². The molecule has 1 atom stereocenters. The summed E-state index contributed by atoms with van der Waals surface area (Å²) in [4.78, 5) is 11.1. The van der Waals surface area contributed by atoms with Gasteiger partial charge in [-0.25, -0.2) is 4.79 Å². The summed E-state index contributed by atoms with van der Waals surface area (Å²) in [7, 11) is 5.35. The number of hydrogen-bond acceptors (Lipinski definition) is 8. The third kappa shape index (κ3) is 8.36. The quantitative estimate of drug-likeness (QED) is 0.169. The van der Waals surface area contributed by atoms with Crippen LogP contribution in [0.15, 0.2) is 12.2 Å². The molecule has 1 fully saturated rings. The Balaban J connectivity index is 0.000000581. The van der Waals surface area contributed by atoms with Gasteiger partial charge in [-0.3, -0.25) is 0 Å². The Labute approximate surface area is 191 Å². The molecule has 0 saturated carbocycles. The summed E-state index contributed by atoms with van der Waals surface area (Å²) in [5.41, 5.74) is 0.397. The molecule has 10 heteroatoms. The Morgan fingerprint density at radius 3 is 2.03 bits per heavy atom. The van der Waals surface area contributed by atoms with Crippen LogP contribution in [0.3, 0.4) is 0 Å². The highest BCUT2D eigenvalue weighted by atomic mass is 28.4. The summed E-state index contributed by atoms with van der Waals surface area (Å²) in [6.07, 6.45) is 6.34. The first-order chi connectivity index (χ1) is 14.7. The van der Waals surface area contributed by atoms with Gasteiger partial charge in [0.25, 0.3) is 0 Å². The molecule has 0 aliphatic carbocycles. The predicted octanol–water partition coefficient (Wildman–Crippen LogP) is 4.00. The molecule has 0 spiro atoms. The fraction of sp³-hybridized carbons (Fsp3) is 0.857. The Hall–Kier alpha value is -0.596. The van der Waals surface area contributed by atoms with E-state index < -0.39 is 17.4 Å². The Bertz CT molecular complexity index is 511. The molecular weight excluding hydrogens is 436 g/mol. The second kappa shape index (κ2) is 15.3. The standard InChI is InChI=1S/C11H24O3Si.C10H20O5Si/c1-5-8-11(12-2)9-6-7-10-15(11,13-3)14-4;1-9(2)10(11)15-7-6-8-16(12-3,13-4)14-5/h5-10H2,1-4H3;1,6-8H2,2-5H3. The lowest BCUT2D eigenvalue weighted by molar-refractivity contribution is -0.139. The Kier molecular flexibility index (Phi) is 15.0. The molecule has 0 aromatic carbocycles. The largest absolute Gasteiger partial charge is 0.500 e. The van der Waals surface area contributed by atoms with Crippen molar-refractivity contribution in [2.75, 3.05) is 49.3 Å². The number of hydrogen-bond donors (Lipinski definition) is 0. The molecule has 0 amide bonds. The summed E-state index contributed by atoms with van der Waals surface area (Å²) in [6.45, 7) is 7.61. The van der Waals surface area contributed by atoms with Crippen LogP contribution in [0.5, 0.6) is 0 Å². The van der Waals surface area contributed by atoms with E-state index in [0.29, 0.717) is 24.6 Å².